The van der Waals surface area contributed by atoms with E-state index >= 15 is 0 Å². The molecule has 2 unspecified atom stereocenters. The van der Waals surface area contributed by atoms with Gasteiger partial charge in [-0.25, -0.2) is 9.18 Å². The highest BCUT2D eigenvalue weighted by molar-refractivity contribution is 5.76. The molecule has 1 aliphatic rings. The van der Waals surface area contributed by atoms with Gasteiger partial charge in [-0.05, 0) is 52.2 Å². The summed E-state index contributed by atoms with van der Waals surface area (Å²) in [5.74, 6) is 0.484. The molecule has 164 valence electrons. The molecule has 0 bridgehead atoms. The average Bonchev–Trinajstić information content (AvgIpc) is 3.25. The quantitative estimate of drug-likeness (QED) is 0.622. The number of fused-ring (bicyclic) bond motifs is 1. The van der Waals surface area contributed by atoms with Crippen molar-refractivity contribution >= 4 is 23.2 Å². The first-order chi connectivity index (χ1) is 14.2. The zero-order valence-corrected chi connectivity index (χ0v) is 17.4. The summed E-state index contributed by atoms with van der Waals surface area (Å²) in [7, 11) is 0. The minimum absolute atomic E-state index is 0.0305. The van der Waals surface area contributed by atoms with Crippen LogP contribution in [-0.4, -0.2) is 47.1 Å². The molecule has 1 aromatic carbocycles. The second-order valence-electron chi connectivity index (χ2n) is 8.37. The molecule has 0 saturated heterocycles. The Morgan fingerprint density at radius 2 is 2.20 bits per heavy atom. The van der Waals surface area contributed by atoms with Crippen LogP contribution in [0, 0.1) is 0 Å². The van der Waals surface area contributed by atoms with Gasteiger partial charge in [-0.3, -0.25) is 0 Å². The third-order valence-corrected chi connectivity index (χ3v) is 4.53. The third kappa shape index (κ3) is 6.35. The molecule has 0 aliphatic heterocycles. The van der Waals surface area contributed by atoms with Crippen LogP contribution in [0.25, 0.3) is 11.1 Å². The van der Waals surface area contributed by atoms with Gasteiger partial charge in [0.1, 0.15) is 23.5 Å². The predicted octanol–water partition coefficient (Wildman–Crippen LogP) is 3.91. The number of aliphatic hydroxyl groups excluding tert-OH is 1. The number of ether oxygens (including phenoxy) is 2. The highest BCUT2D eigenvalue weighted by Gasteiger charge is 2.24. The molecule has 9 heteroatoms. The van der Waals surface area contributed by atoms with E-state index in [1.165, 1.54) is 0 Å². The van der Waals surface area contributed by atoms with Gasteiger partial charge in [0.2, 0.25) is 0 Å². The van der Waals surface area contributed by atoms with E-state index < -0.39 is 11.7 Å². The van der Waals surface area contributed by atoms with Gasteiger partial charge in [0.05, 0.1) is 12.4 Å². The summed E-state index contributed by atoms with van der Waals surface area (Å²) in [6.45, 7) is 5.17. The molecule has 0 radical (unpaired) electrons. The van der Waals surface area contributed by atoms with Crippen molar-refractivity contribution in [1.82, 2.24) is 10.3 Å². The molecule has 8 nitrogen and oxygen atoms in total. The Balaban J connectivity index is 1.53. The highest BCUT2D eigenvalue weighted by Crippen LogP contribution is 2.27. The maximum absolute atomic E-state index is 13.1. The number of oxazole rings is 1. The number of aromatic nitrogens is 1. The van der Waals surface area contributed by atoms with Crippen molar-refractivity contribution in [3.05, 3.63) is 30.1 Å². The van der Waals surface area contributed by atoms with E-state index in [-0.39, 0.29) is 30.9 Å². The zero-order valence-electron chi connectivity index (χ0n) is 17.4. The van der Waals surface area contributed by atoms with Crippen molar-refractivity contribution in [1.29, 1.82) is 0 Å². The van der Waals surface area contributed by atoms with Gasteiger partial charge in [0.25, 0.3) is 6.01 Å². The number of hydrogen-bond donors (Lipinski definition) is 3. The molecule has 3 rings (SSSR count). The molecular formula is C21H28FN3O5. The lowest BCUT2D eigenvalue weighted by Crippen LogP contribution is -2.34. The lowest BCUT2D eigenvalue weighted by molar-refractivity contribution is 0.0531. The fraction of sp³-hybridized carbons (Fsp3) is 0.524. The van der Waals surface area contributed by atoms with Crippen LogP contribution in [0.15, 0.2) is 34.5 Å². The number of amides is 1. The number of benzene rings is 1. The van der Waals surface area contributed by atoms with Crippen LogP contribution in [-0.2, 0) is 4.74 Å². The van der Waals surface area contributed by atoms with Crippen molar-refractivity contribution < 1.29 is 28.2 Å². The van der Waals surface area contributed by atoms with Crippen LogP contribution < -0.4 is 15.4 Å². The van der Waals surface area contributed by atoms with Crippen LogP contribution >= 0.6 is 0 Å². The molecule has 0 spiro atoms. The summed E-state index contributed by atoms with van der Waals surface area (Å²) in [5, 5.41) is 15.3. The highest BCUT2D eigenvalue weighted by atomic mass is 19.1. The standard InChI is InChI=1S/C21H28FN3O5/c1-21(2,3)30-20(27)23-11-13(10-22)12-28-16-6-7-17-18(9-16)29-19(25-17)24-14-4-5-15(26)8-14/h6-7,9-10,14-15,26H,4-5,8,11-12H2,1-3H3,(H,23,27)(H,24,25). The van der Waals surface area contributed by atoms with Crippen molar-refractivity contribution in [2.45, 2.75) is 57.8 Å². The predicted molar refractivity (Wildman–Crippen MR) is 110 cm³/mol. The number of carbonyl (C=O) groups is 1. The van der Waals surface area contributed by atoms with E-state index in [1.54, 1.807) is 39.0 Å². The van der Waals surface area contributed by atoms with Crippen LogP contribution in [0.2, 0.25) is 0 Å². The van der Waals surface area contributed by atoms with E-state index in [9.17, 15) is 14.3 Å². The lowest BCUT2D eigenvalue weighted by atomic mass is 10.2. The summed E-state index contributed by atoms with van der Waals surface area (Å²) < 4.78 is 29.6. The number of halogens is 1. The maximum Gasteiger partial charge on any atom is 0.407 e. The smallest absolute Gasteiger partial charge is 0.407 e. The lowest BCUT2D eigenvalue weighted by Gasteiger charge is -2.20. The molecule has 1 fully saturated rings. The maximum atomic E-state index is 13.1. The fourth-order valence-electron chi connectivity index (χ4n) is 3.12. The van der Waals surface area contributed by atoms with E-state index in [0.717, 1.165) is 12.8 Å². The van der Waals surface area contributed by atoms with Gasteiger partial charge < -0.3 is 29.6 Å². The first kappa shape index (κ1) is 21.9. The van der Waals surface area contributed by atoms with Crippen LogP contribution in [0.4, 0.5) is 15.2 Å². The monoisotopic (exact) mass is 421 g/mol. The number of aliphatic hydroxyl groups is 1. The number of anilines is 1. The van der Waals surface area contributed by atoms with Gasteiger partial charge in [-0.2, -0.15) is 4.98 Å². The summed E-state index contributed by atoms with van der Waals surface area (Å²) in [6.07, 6.45) is 1.80. The second-order valence-corrected chi connectivity index (χ2v) is 8.37. The molecule has 30 heavy (non-hydrogen) atoms. The molecule has 1 saturated carbocycles. The summed E-state index contributed by atoms with van der Waals surface area (Å²) >= 11 is 0. The minimum Gasteiger partial charge on any atom is -0.489 e. The zero-order chi connectivity index (χ0) is 21.7. The van der Waals surface area contributed by atoms with Gasteiger partial charge in [0, 0.05) is 24.2 Å². The van der Waals surface area contributed by atoms with E-state index in [2.05, 4.69) is 15.6 Å². The SMILES string of the molecule is CC(C)(C)OC(=O)NCC(=CF)COc1ccc2nc(NC3CCC(O)C3)oc2c1. The molecule has 2 aromatic rings. The van der Waals surface area contributed by atoms with Crippen LogP contribution in [0.5, 0.6) is 5.75 Å². The van der Waals surface area contributed by atoms with Crippen molar-refractivity contribution in [3.63, 3.8) is 0 Å². The number of nitrogens with one attached hydrogen (secondary N) is 2. The molecule has 1 aliphatic carbocycles. The number of rotatable bonds is 7. The number of carbonyl (C=O) groups excluding carboxylic acids is 1. The second kappa shape index (κ2) is 9.34. The molecule has 1 heterocycles. The number of alkyl carbamates (subject to hydrolysis) is 1. The number of hydrogen-bond acceptors (Lipinski definition) is 7. The minimum atomic E-state index is -0.627. The van der Waals surface area contributed by atoms with Crippen molar-refractivity contribution in [2.75, 3.05) is 18.5 Å². The first-order valence-electron chi connectivity index (χ1n) is 9.95. The Labute approximate surface area is 174 Å². The Kier molecular flexibility index (Phi) is 6.81. The average molecular weight is 421 g/mol. The van der Waals surface area contributed by atoms with Crippen molar-refractivity contribution in [3.8, 4) is 5.75 Å². The van der Waals surface area contributed by atoms with E-state index in [0.29, 0.717) is 35.6 Å². The molecule has 1 amide bonds. The Morgan fingerprint density at radius 1 is 1.40 bits per heavy atom. The van der Waals surface area contributed by atoms with E-state index in [4.69, 9.17) is 13.9 Å². The Bertz CT molecular complexity index is 906. The van der Waals surface area contributed by atoms with Crippen LogP contribution in [0.3, 0.4) is 0 Å². The summed E-state index contributed by atoms with van der Waals surface area (Å²) in [6, 6.07) is 5.67. The van der Waals surface area contributed by atoms with Crippen molar-refractivity contribution in [2.24, 2.45) is 0 Å². The summed E-state index contributed by atoms with van der Waals surface area (Å²) in [4.78, 5) is 16.1. The van der Waals surface area contributed by atoms with Gasteiger partial charge in [0.15, 0.2) is 5.58 Å². The van der Waals surface area contributed by atoms with Crippen LogP contribution in [0.1, 0.15) is 40.0 Å². The largest absolute Gasteiger partial charge is 0.489 e. The molecular weight excluding hydrogens is 393 g/mol. The Morgan fingerprint density at radius 3 is 2.87 bits per heavy atom. The molecule has 1 aromatic heterocycles. The first-order valence-corrected chi connectivity index (χ1v) is 9.95. The van der Waals surface area contributed by atoms with Gasteiger partial charge in [-0.1, -0.05) is 0 Å². The van der Waals surface area contributed by atoms with Gasteiger partial charge in [-0.15, -0.1) is 0 Å². The number of nitrogens with zero attached hydrogens (tertiary/aromatic N) is 1. The third-order valence-electron chi connectivity index (χ3n) is 4.53. The fourth-order valence-corrected chi connectivity index (χ4v) is 3.12. The summed E-state index contributed by atoms with van der Waals surface area (Å²) in [5.41, 5.74) is 0.820. The topological polar surface area (TPSA) is 106 Å². The Hall–Kier alpha value is -2.81. The molecule has 3 N–H and O–H groups in total. The molecule has 2 atom stereocenters. The normalized spacial score (nSPS) is 19.7. The van der Waals surface area contributed by atoms with E-state index in [1.807, 2.05) is 0 Å². The van der Waals surface area contributed by atoms with Gasteiger partial charge >= 0.3 is 6.09 Å².